The number of ether oxygens (including phenoxy) is 2. The lowest BCUT2D eigenvalue weighted by Gasteiger charge is -2.22. The third-order valence-corrected chi connectivity index (χ3v) is 2.43. The van der Waals surface area contributed by atoms with Gasteiger partial charge in [-0.1, -0.05) is 0 Å². The lowest BCUT2D eigenvalue weighted by atomic mass is 10.1. The predicted octanol–water partition coefficient (Wildman–Crippen LogP) is -0.0929. The third-order valence-electron chi connectivity index (χ3n) is 2.43. The van der Waals surface area contributed by atoms with Crippen LogP contribution in [0.3, 0.4) is 0 Å². The van der Waals surface area contributed by atoms with Gasteiger partial charge in [0.05, 0.1) is 13.2 Å². The van der Waals surface area contributed by atoms with E-state index < -0.39 is 24.1 Å². The summed E-state index contributed by atoms with van der Waals surface area (Å²) in [6.07, 6.45) is -2.32. The maximum absolute atomic E-state index is 11.9. The van der Waals surface area contributed by atoms with E-state index in [4.69, 9.17) is 14.3 Å². The average Bonchev–Trinajstić information content (AvgIpc) is 2.52. The quantitative estimate of drug-likeness (QED) is 0.690. The summed E-state index contributed by atoms with van der Waals surface area (Å²) < 4.78 is 10.9. The van der Waals surface area contributed by atoms with Gasteiger partial charge in [-0.15, -0.1) is 0 Å². The minimum Gasteiger partial charge on any atom is -0.391 e. The number of nitrogens with zero attached hydrogens (tertiary/aromatic N) is 1. The molecular formula is C10H19NO5. The Labute approximate surface area is 95.0 Å². The van der Waals surface area contributed by atoms with Crippen LogP contribution in [-0.2, 0) is 19.1 Å². The van der Waals surface area contributed by atoms with Gasteiger partial charge in [0.2, 0.25) is 0 Å². The van der Waals surface area contributed by atoms with E-state index in [1.54, 1.807) is 20.8 Å². The molecule has 6 nitrogen and oxygen atoms in total. The second-order valence-corrected chi connectivity index (χ2v) is 4.28. The van der Waals surface area contributed by atoms with Gasteiger partial charge >= 0.3 is 0 Å². The van der Waals surface area contributed by atoms with Crippen molar-refractivity contribution in [2.75, 3.05) is 14.2 Å². The Hall–Kier alpha value is -0.690. The van der Waals surface area contributed by atoms with Crippen LogP contribution in [0.15, 0.2) is 0 Å². The minimum atomic E-state index is -0.878. The van der Waals surface area contributed by atoms with Crippen LogP contribution < -0.4 is 0 Å². The predicted molar refractivity (Wildman–Crippen MR) is 55.3 cm³/mol. The van der Waals surface area contributed by atoms with Crippen molar-refractivity contribution in [3.63, 3.8) is 0 Å². The van der Waals surface area contributed by atoms with Crippen LogP contribution in [0.5, 0.6) is 0 Å². The molecule has 1 unspecified atom stereocenters. The Balaban J connectivity index is 2.81. The van der Waals surface area contributed by atoms with Crippen molar-refractivity contribution >= 4 is 5.91 Å². The summed E-state index contributed by atoms with van der Waals surface area (Å²) in [5.41, 5.74) is 0. The average molecular weight is 233 g/mol. The summed E-state index contributed by atoms with van der Waals surface area (Å²) in [6, 6.07) is 0. The molecule has 0 spiro atoms. The van der Waals surface area contributed by atoms with E-state index in [-0.39, 0.29) is 5.91 Å². The van der Waals surface area contributed by atoms with Crippen molar-refractivity contribution in [2.45, 2.75) is 44.9 Å². The summed E-state index contributed by atoms with van der Waals surface area (Å²) >= 11 is 0. The molecule has 3 atom stereocenters. The molecule has 0 aromatic carbocycles. The van der Waals surface area contributed by atoms with Gasteiger partial charge in [-0.25, -0.2) is 5.06 Å². The van der Waals surface area contributed by atoms with Crippen LogP contribution in [-0.4, -0.2) is 54.3 Å². The maximum Gasteiger partial charge on any atom is 0.277 e. The highest BCUT2D eigenvalue weighted by molar-refractivity contribution is 5.80. The molecule has 0 radical (unpaired) electrons. The van der Waals surface area contributed by atoms with Gasteiger partial charge in [0.15, 0.2) is 11.9 Å². The molecule has 0 aromatic rings. The zero-order valence-electron chi connectivity index (χ0n) is 10.3. The van der Waals surface area contributed by atoms with Crippen molar-refractivity contribution in [1.29, 1.82) is 0 Å². The fraction of sp³-hybridized carbons (Fsp3) is 0.900. The number of amides is 1. The fourth-order valence-electron chi connectivity index (χ4n) is 1.60. The number of carbonyl (C=O) groups is 1. The lowest BCUT2D eigenvalue weighted by Crippen LogP contribution is -2.45. The van der Waals surface area contributed by atoms with Crippen molar-refractivity contribution < 1.29 is 24.2 Å². The van der Waals surface area contributed by atoms with Crippen LogP contribution in [0.2, 0.25) is 0 Å². The molecule has 1 fully saturated rings. The van der Waals surface area contributed by atoms with E-state index in [0.29, 0.717) is 0 Å². The van der Waals surface area contributed by atoms with Crippen LogP contribution in [0.1, 0.15) is 20.8 Å². The summed E-state index contributed by atoms with van der Waals surface area (Å²) in [4.78, 5) is 16.7. The van der Waals surface area contributed by atoms with Crippen LogP contribution in [0.4, 0.5) is 0 Å². The molecule has 1 saturated heterocycles. The first-order valence-electron chi connectivity index (χ1n) is 5.14. The Morgan fingerprint density at radius 1 is 1.50 bits per heavy atom. The second kappa shape index (κ2) is 4.67. The van der Waals surface area contributed by atoms with Gasteiger partial charge in [0.1, 0.15) is 6.10 Å². The Kier molecular flexibility index (Phi) is 3.90. The summed E-state index contributed by atoms with van der Waals surface area (Å²) in [7, 11) is 2.87. The van der Waals surface area contributed by atoms with E-state index in [9.17, 15) is 9.90 Å². The molecule has 1 heterocycles. The number of rotatable bonds is 3. The zero-order valence-corrected chi connectivity index (χ0v) is 10.3. The molecule has 1 aliphatic heterocycles. The van der Waals surface area contributed by atoms with Gasteiger partial charge in [0, 0.05) is 7.05 Å². The standard InChI is InChI=1S/C10H19NO5/c1-6(12)7-8(9(13)11(4)14-5)16-10(2,3)15-7/h6-8,12H,1-5H3/t6?,7-,8+/m0/s1. The molecule has 0 aliphatic carbocycles. The molecule has 1 aliphatic rings. The molecule has 16 heavy (non-hydrogen) atoms. The number of likely N-dealkylation sites (N-methyl/N-ethyl adjacent to an activating group) is 1. The lowest BCUT2D eigenvalue weighted by molar-refractivity contribution is -0.187. The largest absolute Gasteiger partial charge is 0.391 e. The SMILES string of the molecule is CON(C)C(=O)[C@@H]1OC(C)(C)O[C@H]1C(C)O. The smallest absolute Gasteiger partial charge is 0.277 e. The van der Waals surface area contributed by atoms with Gasteiger partial charge in [0.25, 0.3) is 5.91 Å². The van der Waals surface area contributed by atoms with Gasteiger partial charge in [-0.05, 0) is 20.8 Å². The Morgan fingerprint density at radius 3 is 2.50 bits per heavy atom. The first kappa shape index (κ1) is 13.4. The molecule has 1 amide bonds. The Morgan fingerprint density at radius 2 is 2.06 bits per heavy atom. The van der Waals surface area contributed by atoms with Gasteiger partial charge in [-0.2, -0.15) is 0 Å². The van der Waals surface area contributed by atoms with Gasteiger partial charge < -0.3 is 14.6 Å². The highest BCUT2D eigenvalue weighted by Gasteiger charge is 2.48. The van der Waals surface area contributed by atoms with E-state index >= 15 is 0 Å². The monoisotopic (exact) mass is 233 g/mol. The van der Waals surface area contributed by atoms with E-state index in [0.717, 1.165) is 5.06 Å². The summed E-state index contributed by atoms with van der Waals surface area (Å²) in [6.45, 7) is 4.95. The highest BCUT2D eigenvalue weighted by Crippen LogP contribution is 2.30. The highest BCUT2D eigenvalue weighted by atomic mass is 16.8. The molecule has 0 bridgehead atoms. The van der Waals surface area contributed by atoms with Crippen molar-refractivity contribution in [3.8, 4) is 0 Å². The fourth-order valence-corrected chi connectivity index (χ4v) is 1.60. The topological polar surface area (TPSA) is 68.2 Å². The van der Waals surface area contributed by atoms with Crippen molar-refractivity contribution in [2.24, 2.45) is 0 Å². The maximum atomic E-state index is 11.9. The molecule has 1 N–H and O–H groups in total. The van der Waals surface area contributed by atoms with E-state index in [1.165, 1.54) is 14.2 Å². The normalized spacial score (nSPS) is 30.1. The number of aliphatic hydroxyl groups is 1. The van der Waals surface area contributed by atoms with Crippen LogP contribution in [0, 0.1) is 0 Å². The van der Waals surface area contributed by atoms with E-state index in [2.05, 4.69) is 0 Å². The summed E-state index contributed by atoms with van der Waals surface area (Å²) in [5.74, 6) is -1.25. The number of hydroxylamine groups is 2. The zero-order chi connectivity index (χ0) is 12.5. The molecule has 6 heteroatoms. The van der Waals surface area contributed by atoms with Crippen molar-refractivity contribution in [3.05, 3.63) is 0 Å². The molecule has 0 saturated carbocycles. The molecular weight excluding hydrogens is 214 g/mol. The number of hydrogen-bond donors (Lipinski definition) is 1. The van der Waals surface area contributed by atoms with Crippen molar-refractivity contribution in [1.82, 2.24) is 5.06 Å². The second-order valence-electron chi connectivity index (χ2n) is 4.28. The number of carbonyl (C=O) groups excluding carboxylic acids is 1. The summed E-state index contributed by atoms with van der Waals surface area (Å²) in [5, 5.41) is 10.6. The van der Waals surface area contributed by atoms with Crippen LogP contribution in [0.25, 0.3) is 0 Å². The number of hydrogen-bond acceptors (Lipinski definition) is 5. The molecule has 0 aromatic heterocycles. The first-order chi connectivity index (χ1) is 7.28. The van der Waals surface area contributed by atoms with Crippen LogP contribution >= 0.6 is 0 Å². The van der Waals surface area contributed by atoms with Gasteiger partial charge in [-0.3, -0.25) is 9.63 Å². The minimum absolute atomic E-state index is 0.376. The molecule has 94 valence electrons. The first-order valence-corrected chi connectivity index (χ1v) is 5.14. The third kappa shape index (κ3) is 2.70. The molecule has 1 rings (SSSR count). The number of aliphatic hydroxyl groups excluding tert-OH is 1. The van der Waals surface area contributed by atoms with E-state index in [1.807, 2.05) is 0 Å². The Bertz CT molecular complexity index is 266.